The number of carbonyl (C=O) groups is 2. The van der Waals surface area contributed by atoms with E-state index in [1.165, 1.54) is 0 Å². The lowest BCUT2D eigenvalue weighted by Crippen LogP contribution is -2.45. The fourth-order valence-electron chi connectivity index (χ4n) is 5.05. The van der Waals surface area contributed by atoms with Crippen molar-refractivity contribution in [2.75, 3.05) is 19.6 Å². The predicted molar refractivity (Wildman–Crippen MR) is 146 cm³/mol. The third-order valence-electron chi connectivity index (χ3n) is 7.16. The summed E-state index contributed by atoms with van der Waals surface area (Å²) in [6.45, 7) is 3.93. The Hall–Kier alpha value is -3.84. The van der Waals surface area contributed by atoms with E-state index in [1.54, 1.807) is 16.7 Å². The molecule has 2 heterocycles. The van der Waals surface area contributed by atoms with Gasteiger partial charge >= 0.3 is 6.03 Å². The zero-order valence-corrected chi connectivity index (χ0v) is 21.5. The first kappa shape index (κ1) is 24.8. The Kier molecular flexibility index (Phi) is 6.89. The van der Waals surface area contributed by atoms with Crippen molar-refractivity contribution < 1.29 is 9.59 Å². The molecule has 8 heteroatoms. The van der Waals surface area contributed by atoms with Crippen LogP contribution in [0.4, 0.5) is 4.79 Å². The number of nitrogens with zero attached hydrogens (tertiary/aromatic N) is 3. The predicted octanol–water partition coefficient (Wildman–Crippen LogP) is 4.61. The summed E-state index contributed by atoms with van der Waals surface area (Å²) in [7, 11) is 0. The number of benzene rings is 3. The Morgan fingerprint density at radius 3 is 2.57 bits per heavy atom. The van der Waals surface area contributed by atoms with Gasteiger partial charge in [0.2, 0.25) is 0 Å². The van der Waals surface area contributed by atoms with E-state index in [1.807, 2.05) is 78.9 Å². The van der Waals surface area contributed by atoms with Crippen LogP contribution in [0.5, 0.6) is 0 Å². The number of hydrogen-bond donors (Lipinski definition) is 2. The number of halogens is 1. The second kappa shape index (κ2) is 10.3. The van der Waals surface area contributed by atoms with Gasteiger partial charge in [0.1, 0.15) is 0 Å². The van der Waals surface area contributed by atoms with Crippen LogP contribution in [0.15, 0.2) is 83.9 Å². The van der Waals surface area contributed by atoms with Crippen molar-refractivity contribution in [3.63, 3.8) is 0 Å². The van der Waals surface area contributed by atoms with E-state index in [9.17, 15) is 9.59 Å². The van der Waals surface area contributed by atoms with Gasteiger partial charge in [0.15, 0.2) is 11.5 Å². The standard InChI is InChI=1S/C29H30ClN5O2/c1-29(24-11-5-9-22(15-24)23-10-6-12-25(30)16-23)26(36)35(27(31)33-29)19-21-13-14-34(18-21)28(37)32-17-20-7-3-2-4-8-20/h2-12,15-16,21H,13-14,17-19H2,1H3,(H2,31,33)(H,32,37). The molecular formula is C29H30ClN5O2. The van der Waals surface area contributed by atoms with Gasteiger partial charge in [-0.2, -0.15) is 0 Å². The van der Waals surface area contributed by atoms with Gasteiger partial charge in [-0.3, -0.25) is 9.69 Å². The zero-order chi connectivity index (χ0) is 26.0. The van der Waals surface area contributed by atoms with Crippen molar-refractivity contribution in [1.82, 2.24) is 15.1 Å². The second-order valence-electron chi connectivity index (χ2n) is 9.79. The summed E-state index contributed by atoms with van der Waals surface area (Å²) in [5.41, 5.74) is 8.92. The molecule has 1 saturated heterocycles. The fourth-order valence-corrected chi connectivity index (χ4v) is 5.24. The minimum atomic E-state index is -1.11. The number of hydrogen-bond acceptors (Lipinski definition) is 4. The number of aliphatic imine (C=N–C) groups is 1. The highest BCUT2D eigenvalue weighted by Crippen LogP contribution is 2.36. The summed E-state index contributed by atoms with van der Waals surface area (Å²) in [6.07, 6.45) is 0.802. The van der Waals surface area contributed by atoms with Crippen LogP contribution in [-0.2, 0) is 16.9 Å². The summed E-state index contributed by atoms with van der Waals surface area (Å²) >= 11 is 6.18. The van der Waals surface area contributed by atoms with Crippen LogP contribution in [0.25, 0.3) is 11.1 Å². The number of nitrogens with one attached hydrogen (secondary N) is 1. The molecule has 0 aliphatic carbocycles. The summed E-state index contributed by atoms with van der Waals surface area (Å²) in [4.78, 5) is 34.3. The van der Waals surface area contributed by atoms with Crippen LogP contribution in [0, 0.1) is 5.92 Å². The van der Waals surface area contributed by atoms with Gasteiger partial charge in [0, 0.05) is 31.2 Å². The first-order valence-electron chi connectivity index (χ1n) is 12.4. The molecule has 3 aromatic rings. The smallest absolute Gasteiger partial charge is 0.317 e. The van der Waals surface area contributed by atoms with Crippen LogP contribution < -0.4 is 11.1 Å². The molecule has 2 atom stereocenters. The van der Waals surface area contributed by atoms with Gasteiger partial charge in [0.05, 0.1) is 0 Å². The Morgan fingerprint density at radius 1 is 1.08 bits per heavy atom. The summed E-state index contributed by atoms with van der Waals surface area (Å²) in [6, 6.07) is 25.1. The van der Waals surface area contributed by atoms with E-state index in [0.29, 0.717) is 31.2 Å². The molecule has 0 bridgehead atoms. The Labute approximate surface area is 221 Å². The van der Waals surface area contributed by atoms with E-state index in [-0.39, 0.29) is 23.8 Å². The minimum Gasteiger partial charge on any atom is -0.369 e. The highest BCUT2D eigenvalue weighted by molar-refractivity contribution is 6.30. The molecule has 3 amide bonds. The average Bonchev–Trinajstić information content (AvgIpc) is 3.47. The Balaban J connectivity index is 1.24. The minimum absolute atomic E-state index is 0.0941. The van der Waals surface area contributed by atoms with Crippen LogP contribution >= 0.6 is 11.6 Å². The lowest BCUT2D eigenvalue weighted by molar-refractivity contribution is -0.131. The maximum Gasteiger partial charge on any atom is 0.317 e. The molecule has 190 valence electrons. The molecule has 2 unspecified atom stereocenters. The maximum atomic E-state index is 13.6. The molecule has 1 fully saturated rings. The zero-order valence-electron chi connectivity index (χ0n) is 20.7. The highest BCUT2D eigenvalue weighted by Gasteiger charge is 2.46. The quantitative estimate of drug-likeness (QED) is 0.502. The molecule has 0 radical (unpaired) electrons. The molecule has 5 rings (SSSR count). The highest BCUT2D eigenvalue weighted by atomic mass is 35.5. The number of carbonyl (C=O) groups excluding carboxylic acids is 2. The molecule has 2 aliphatic heterocycles. The van der Waals surface area contributed by atoms with Gasteiger partial charge in [-0.25, -0.2) is 9.79 Å². The van der Waals surface area contributed by atoms with E-state index in [2.05, 4.69) is 10.3 Å². The lowest BCUT2D eigenvalue weighted by atomic mass is 9.89. The van der Waals surface area contributed by atoms with Crippen molar-refractivity contribution in [1.29, 1.82) is 0 Å². The topological polar surface area (TPSA) is 91.0 Å². The fraction of sp³-hybridized carbons (Fsp3) is 0.276. The largest absolute Gasteiger partial charge is 0.369 e. The summed E-state index contributed by atoms with van der Waals surface area (Å²) in [5.74, 6) is 0.188. The van der Waals surface area contributed by atoms with Gasteiger partial charge in [0.25, 0.3) is 5.91 Å². The molecule has 3 N–H and O–H groups in total. The molecule has 37 heavy (non-hydrogen) atoms. The monoisotopic (exact) mass is 515 g/mol. The number of rotatable bonds is 6. The third-order valence-corrected chi connectivity index (χ3v) is 7.39. The first-order chi connectivity index (χ1) is 17.8. The van der Waals surface area contributed by atoms with Gasteiger partial charge in [-0.1, -0.05) is 72.3 Å². The second-order valence-corrected chi connectivity index (χ2v) is 10.2. The van der Waals surface area contributed by atoms with Crippen LogP contribution in [0.2, 0.25) is 5.02 Å². The molecule has 0 saturated carbocycles. The number of nitrogens with two attached hydrogens (primary N) is 1. The molecular weight excluding hydrogens is 486 g/mol. The molecule has 0 aromatic heterocycles. The van der Waals surface area contributed by atoms with Crippen LogP contribution in [0.1, 0.15) is 24.5 Å². The van der Waals surface area contributed by atoms with E-state index >= 15 is 0 Å². The van der Waals surface area contributed by atoms with Crippen molar-refractivity contribution >= 4 is 29.5 Å². The van der Waals surface area contributed by atoms with Crippen molar-refractivity contribution in [3.8, 4) is 11.1 Å². The number of amides is 3. The first-order valence-corrected chi connectivity index (χ1v) is 12.8. The normalized spacial score (nSPS) is 21.3. The van der Waals surface area contributed by atoms with Crippen molar-refractivity contribution in [2.24, 2.45) is 16.6 Å². The lowest BCUT2D eigenvalue weighted by Gasteiger charge is -2.25. The van der Waals surface area contributed by atoms with Crippen LogP contribution in [0.3, 0.4) is 0 Å². The average molecular weight is 516 g/mol. The van der Waals surface area contributed by atoms with Crippen molar-refractivity contribution in [2.45, 2.75) is 25.4 Å². The number of urea groups is 1. The Morgan fingerprint density at radius 2 is 1.81 bits per heavy atom. The third kappa shape index (κ3) is 5.18. The van der Waals surface area contributed by atoms with Gasteiger partial charge in [-0.05, 0) is 59.7 Å². The van der Waals surface area contributed by atoms with E-state index < -0.39 is 5.54 Å². The maximum absolute atomic E-state index is 13.6. The summed E-state index contributed by atoms with van der Waals surface area (Å²) < 4.78 is 0. The molecule has 7 nitrogen and oxygen atoms in total. The summed E-state index contributed by atoms with van der Waals surface area (Å²) in [5, 5.41) is 3.63. The van der Waals surface area contributed by atoms with Crippen molar-refractivity contribution in [3.05, 3.63) is 95.0 Å². The molecule has 0 spiro atoms. The van der Waals surface area contributed by atoms with Gasteiger partial charge < -0.3 is 16.0 Å². The van der Waals surface area contributed by atoms with E-state index in [4.69, 9.17) is 17.3 Å². The molecule has 3 aromatic carbocycles. The van der Waals surface area contributed by atoms with Crippen LogP contribution in [-0.4, -0.2) is 47.3 Å². The van der Waals surface area contributed by atoms with E-state index in [0.717, 1.165) is 28.7 Å². The molecule has 2 aliphatic rings. The number of likely N-dealkylation sites (tertiary alicyclic amines) is 1. The number of guanidine groups is 1. The Bertz CT molecular complexity index is 1340. The SMILES string of the molecule is CC1(c2cccc(-c3cccc(Cl)c3)c2)N=C(N)N(CC2CCN(C(=O)NCc3ccccc3)C2)C1=O. The van der Waals surface area contributed by atoms with Gasteiger partial charge in [-0.15, -0.1) is 0 Å².